The van der Waals surface area contributed by atoms with Gasteiger partial charge in [0.1, 0.15) is 29.0 Å². The van der Waals surface area contributed by atoms with Gasteiger partial charge in [0.15, 0.2) is 0 Å². The van der Waals surface area contributed by atoms with Crippen LogP contribution in [0, 0.1) is 51.0 Å². The Morgan fingerprint density at radius 2 is 1.17 bits per heavy atom. The second-order valence-corrected chi connectivity index (χ2v) is 11.1. The molecule has 4 aromatic carbocycles. The van der Waals surface area contributed by atoms with Gasteiger partial charge in [-0.15, -0.1) is 0 Å². The summed E-state index contributed by atoms with van der Waals surface area (Å²) in [6.07, 6.45) is 0.203. The molecule has 0 saturated heterocycles. The number of aryl methyl sites for hydroxylation is 4. The molecule has 1 heterocycles. The average molecular weight is 639 g/mol. The highest BCUT2D eigenvalue weighted by molar-refractivity contribution is 6.45. The zero-order valence-corrected chi connectivity index (χ0v) is 27.0. The van der Waals surface area contributed by atoms with Crippen molar-refractivity contribution in [2.75, 3.05) is 0 Å². The van der Waals surface area contributed by atoms with Gasteiger partial charge in [0.05, 0.1) is 11.4 Å². The van der Waals surface area contributed by atoms with Crippen LogP contribution in [0.5, 0.6) is 0 Å². The van der Waals surface area contributed by atoms with Crippen LogP contribution in [0.3, 0.4) is 0 Å². The number of halogens is 4. The fourth-order valence-corrected chi connectivity index (χ4v) is 5.15. The van der Waals surface area contributed by atoms with Gasteiger partial charge in [0.25, 0.3) is 0 Å². The SMILES string of the molecule is C/C(Cc1c(C)cc(F)cc1F)=N/N=C(/C)C(=O)c1ccccc1.Cc1cc(F)cc(F)c1-c1c(C)nnc(C)c1-c1ccccc1. The molecule has 0 saturated carbocycles. The van der Waals surface area contributed by atoms with Crippen LogP contribution >= 0.6 is 0 Å². The van der Waals surface area contributed by atoms with Crippen LogP contribution in [0.1, 0.15) is 52.3 Å². The highest BCUT2D eigenvalue weighted by Gasteiger charge is 2.21. The molecule has 0 aliphatic rings. The summed E-state index contributed by atoms with van der Waals surface area (Å²) in [7, 11) is 0. The monoisotopic (exact) mass is 638 g/mol. The van der Waals surface area contributed by atoms with E-state index >= 15 is 0 Å². The van der Waals surface area contributed by atoms with Crippen molar-refractivity contribution in [2.45, 2.75) is 48.0 Å². The fraction of sp³-hybridized carbons (Fsp3) is 0.184. The molecule has 0 bridgehead atoms. The molecule has 0 fully saturated rings. The summed E-state index contributed by atoms with van der Waals surface area (Å²) < 4.78 is 54.9. The summed E-state index contributed by atoms with van der Waals surface area (Å²) in [5.41, 5.74) is 6.86. The highest BCUT2D eigenvalue weighted by atomic mass is 19.1. The van der Waals surface area contributed by atoms with Crippen LogP contribution in [0.2, 0.25) is 0 Å². The van der Waals surface area contributed by atoms with E-state index in [0.717, 1.165) is 23.3 Å². The van der Waals surface area contributed by atoms with E-state index < -0.39 is 23.3 Å². The molecule has 5 aromatic rings. The normalized spacial score (nSPS) is 11.6. The first-order valence-corrected chi connectivity index (χ1v) is 14.8. The van der Waals surface area contributed by atoms with Crippen LogP contribution < -0.4 is 0 Å². The van der Waals surface area contributed by atoms with Crippen molar-refractivity contribution in [3.8, 4) is 22.3 Å². The van der Waals surface area contributed by atoms with E-state index in [0.29, 0.717) is 50.5 Å². The first-order chi connectivity index (χ1) is 22.4. The third-order valence-corrected chi connectivity index (χ3v) is 7.44. The van der Waals surface area contributed by atoms with Crippen molar-refractivity contribution < 1.29 is 22.4 Å². The Labute approximate surface area is 271 Å². The highest BCUT2D eigenvalue weighted by Crippen LogP contribution is 2.38. The van der Waals surface area contributed by atoms with Crippen molar-refractivity contribution in [3.63, 3.8) is 0 Å². The molecule has 5 nitrogen and oxygen atoms in total. The summed E-state index contributed by atoms with van der Waals surface area (Å²) in [5.74, 6) is -2.60. The molecule has 5 rings (SSSR count). The summed E-state index contributed by atoms with van der Waals surface area (Å²) in [4.78, 5) is 12.2. The molecule has 0 spiro atoms. The molecule has 0 unspecified atom stereocenters. The van der Waals surface area contributed by atoms with Crippen LogP contribution in [-0.2, 0) is 6.42 Å². The van der Waals surface area contributed by atoms with E-state index in [1.165, 1.54) is 12.1 Å². The van der Waals surface area contributed by atoms with Gasteiger partial charge in [-0.25, -0.2) is 17.6 Å². The van der Waals surface area contributed by atoms with Crippen molar-refractivity contribution >= 4 is 17.2 Å². The minimum atomic E-state index is -0.608. The third kappa shape index (κ3) is 8.49. The standard InChI is InChI=1S/C19H18F2N2O.C19H16F2N2/c1-12-9-16(20)11-18(21)17(12)10-13(2)22-23-14(3)19(24)15-7-5-4-6-8-15;1-11-9-15(20)10-16(21)17(11)19-13(3)23-22-12(2)18(19)14-7-5-4-6-8-14/h4-9,11H,10H2,1-3H3;4-10H,1-3H3/b22-13-,23-14-;. The van der Waals surface area contributed by atoms with Gasteiger partial charge in [-0.2, -0.15) is 20.4 Å². The maximum Gasteiger partial charge on any atom is 0.208 e. The van der Waals surface area contributed by atoms with Crippen molar-refractivity contribution in [3.05, 3.63) is 142 Å². The molecule has 0 N–H and O–H groups in total. The molecule has 240 valence electrons. The third-order valence-electron chi connectivity index (χ3n) is 7.44. The van der Waals surface area contributed by atoms with Gasteiger partial charge >= 0.3 is 0 Å². The number of benzene rings is 4. The summed E-state index contributed by atoms with van der Waals surface area (Å²) in [5, 5.41) is 16.2. The molecule has 1 aromatic heterocycles. The lowest BCUT2D eigenvalue weighted by Crippen LogP contribution is -2.10. The van der Waals surface area contributed by atoms with Crippen LogP contribution in [0.15, 0.2) is 95.1 Å². The van der Waals surface area contributed by atoms with Crippen molar-refractivity contribution in [1.82, 2.24) is 10.2 Å². The number of ketones is 1. The smallest absolute Gasteiger partial charge is 0.208 e. The van der Waals surface area contributed by atoms with E-state index in [4.69, 9.17) is 0 Å². The zero-order chi connectivity index (χ0) is 34.2. The first kappa shape index (κ1) is 34.6. The van der Waals surface area contributed by atoms with Crippen molar-refractivity contribution in [2.24, 2.45) is 10.2 Å². The molecule has 0 radical (unpaired) electrons. The van der Waals surface area contributed by atoms with Crippen LogP contribution in [-0.4, -0.2) is 27.4 Å². The fourth-order valence-electron chi connectivity index (χ4n) is 5.15. The number of hydrogen-bond acceptors (Lipinski definition) is 5. The molecule has 0 aliphatic carbocycles. The van der Waals surface area contributed by atoms with Gasteiger partial charge < -0.3 is 0 Å². The quantitative estimate of drug-likeness (QED) is 0.0772. The Morgan fingerprint density at radius 3 is 1.74 bits per heavy atom. The van der Waals surface area contributed by atoms with Gasteiger partial charge in [-0.3, -0.25) is 4.79 Å². The molecule has 0 aliphatic heterocycles. The Balaban J connectivity index is 0.000000213. The summed E-state index contributed by atoms with van der Waals surface area (Å²) in [6, 6.07) is 22.8. The number of Topliss-reactive ketones (excluding diaryl/α,β-unsaturated/α-hetero) is 1. The molecule has 9 heteroatoms. The topological polar surface area (TPSA) is 67.6 Å². The lowest BCUT2D eigenvalue weighted by molar-refractivity contribution is 0.106. The number of aromatic nitrogens is 2. The number of carbonyl (C=O) groups excluding carboxylic acids is 1. The second-order valence-electron chi connectivity index (χ2n) is 11.1. The molecular weight excluding hydrogens is 604 g/mol. The zero-order valence-electron chi connectivity index (χ0n) is 27.0. The van der Waals surface area contributed by atoms with E-state index in [-0.39, 0.29) is 17.9 Å². The largest absolute Gasteiger partial charge is 0.287 e. The van der Waals surface area contributed by atoms with E-state index in [2.05, 4.69) is 20.4 Å². The predicted octanol–water partition coefficient (Wildman–Crippen LogP) is 9.55. The Hall–Kier alpha value is -5.31. The molecule has 0 amide bonds. The first-order valence-electron chi connectivity index (χ1n) is 14.8. The van der Waals surface area contributed by atoms with E-state index in [1.54, 1.807) is 58.9 Å². The number of rotatable bonds is 7. The van der Waals surface area contributed by atoms with Crippen molar-refractivity contribution in [1.29, 1.82) is 0 Å². The summed E-state index contributed by atoms with van der Waals surface area (Å²) in [6.45, 7) is 10.2. The van der Waals surface area contributed by atoms with E-state index in [1.807, 2.05) is 43.3 Å². The second kappa shape index (κ2) is 15.3. The van der Waals surface area contributed by atoms with Gasteiger partial charge in [0.2, 0.25) is 5.78 Å². The lowest BCUT2D eigenvalue weighted by atomic mass is 9.90. The maximum absolute atomic E-state index is 14.5. The molecular formula is C38H34F4N4O. The molecule has 47 heavy (non-hydrogen) atoms. The predicted molar refractivity (Wildman–Crippen MR) is 179 cm³/mol. The summed E-state index contributed by atoms with van der Waals surface area (Å²) >= 11 is 0. The lowest BCUT2D eigenvalue weighted by Gasteiger charge is -2.17. The van der Waals surface area contributed by atoms with Crippen LogP contribution in [0.25, 0.3) is 22.3 Å². The Kier molecular flexibility index (Phi) is 11.3. The number of nitrogens with zero attached hydrogens (tertiary/aromatic N) is 4. The Morgan fingerprint density at radius 1 is 0.638 bits per heavy atom. The average Bonchev–Trinajstić information content (AvgIpc) is 3.03. The van der Waals surface area contributed by atoms with Gasteiger partial charge in [-0.1, -0.05) is 60.7 Å². The maximum atomic E-state index is 14.5. The minimum Gasteiger partial charge on any atom is -0.287 e. The van der Waals surface area contributed by atoms with Crippen LogP contribution in [0.4, 0.5) is 17.6 Å². The number of hydrogen-bond donors (Lipinski definition) is 0. The minimum absolute atomic E-state index is 0.203. The molecule has 0 atom stereocenters. The van der Waals surface area contributed by atoms with E-state index in [9.17, 15) is 22.4 Å². The number of carbonyl (C=O) groups is 1. The van der Waals surface area contributed by atoms with Gasteiger partial charge in [-0.05, 0) is 75.9 Å². The van der Waals surface area contributed by atoms with Gasteiger partial charge in [0, 0.05) is 46.5 Å². The Bertz CT molecular complexity index is 1930.